The van der Waals surface area contributed by atoms with Crippen molar-refractivity contribution in [3.63, 3.8) is 0 Å². The molecule has 0 saturated carbocycles. The molecule has 1 unspecified atom stereocenters. The Morgan fingerprint density at radius 2 is 1.33 bits per heavy atom. The van der Waals surface area contributed by atoms with Gasteiger partial charge in [0.25, 0.3) is 0 Å². The standard InChI is InChI=1S/C17H17F11O2/c1-3-8-30-11-7-5-4-6-10(11)12(29-2)9-13(18,19)14(20,21)15(22,23)16(24,25)17(26,27)28/h4-7,12H,3,8-9H2,1-2H3. The van der Waals surface area contributed by atoms with Crippen LogP contribution in [0.3, 0.4) is 0 Å². The Hall–Kier alpha value is -1.79. The molecule has 0 radical (unpaired) electrons. The molecule has 0 saturated heterocycles. The second kappa shape index (κ2) is 8.75. The molecule has 0 fully saturated rings. The maximum atomic E-state index is 14.1. The van der Waals surface area contributed by atoms with Gasteiger partial charge in [0.1, 0.15) is 5.75 Å². The Kier molecular flexibility index (Phi) is 7.66. The van der Waals surface area contributed by atoms with Gasteiger partial charge in [-0.15, -0.1) is 0 Å². The van der Waals surface area contributed by atoms with Crippen LogP contribution in [-0.4, -0.2) is 43.6 Å². The van der Waals surface area contributed by atoms with Crippen molar-refractivity contribution >= 4 is 0 Å². The number of para-hydroxylation sites is 1. The molecule has 13 heteroatoms. The third kappa shape index (κ3) is 4.59. The molecule has 174 valence electrons. The highest BCUT2D eigenvalue weighted by atomic mass is 19.4. The zero-order chi connectivity index (χ0) is 23.6. The maximum absolute atomic E-state index is 14.1. The molecule has 2 nitrogen and oxygen atoms in total. The quantitative estimate of drug-likeness (QED) is 0.362. The first-order valence-corrected chi connectivity index (χ1v) is 8.30. The van der Waals surface area contributed by atoms with Gasteiger partial charge >= 0.3 is 29.9 Å². The van der Waals surface area contributed by atoms with E-state index >= 15 is 0 Å². The Morgan fingerprint density at radius 1 is 0.800 bits per heavy atom. The van der Waals surface area contributed by atoms with Gasteiger partial charge in [0.05, 0.1) is 12.7 Å². The third-order valence-electron chi connectivity index (χ3n) is 4.06. The lowest BCUT2D eigenvalue weighted by molar-refractivity contribution is -0.423. The van der Waals surface area contributed by atoms with Crippen molar-refractivity contribution in [2.24, 2.45) is 0 Å². The molecule has 0 aliphatic heterocycles. The van der Waals surface area contributed by atoms with Crippen molar-refractivity contribution in [3.8, 4) is 5.75 Å². The SMILES string of the molecule is CCCOc1ccccc1C(CC(F)(F)C(F)(F)C(F)(F)C(F)(F)C(F)(F)F)OC. The fourth-order valence-corrected chi connectivity index (χ4v) is 2.38. The number of ether oxygens (including phenoxy) is 2. The molecule has 1 aromatic carbocycles. The first-order valence-electron chi connectivity index (χ1n) is 8.30. The zero-order valence-electron chi connectivity index (χ0n) is 15.5. The summed E-state index contributed by atoms with van der Waals surface area (Å²) in [5, 5.41) is 0. The number of methoxy groups -OCH3 is 1. The second-order valence-electron chi connectivity index (χ2n) is 6.24. The predicted molar refractivity (Wildman–Crippen MR) is 82.4 cm³/mol. The van der Waals surface area contributed by atoms with Crippen LogP contribution in [0.4, 0.5) is 48.3 Å². The topological polar surface area (TPSA) is 18.5 Å². The van der Waals surface area contributed by atoms with Crippen molar-refractivity contribution in [3.05, 3.63) is 29.8 Å². The average Bonchev–Trinajstić information content (AvgIpc) is 2.63. The molecule has 0 aliphatic carbocycles. The van der Waals surface area contributed by atoms with E-state index in [0.29, 0.717) is 6.42 Å². The predicted octanol–water partition coefficient (Wildman–Crippen LogP) is 6.66. The lowest BCUT2D eigenvalue weighted by Crippen LogP contribution is -2.66. The summed E-state index contributed by atoms with van der Waals surface area (Å²) in [7, 11) is 0.734. The molecule has 1 rings (SSSR count). The highest BCUT2D eigenvalue weighted by Crippen LogP contribution is 2.58. The van der Waals surface area contributed by atoms with Gasteiger partial charge in [0.2, 0.25) is 0 Å². The first-order chi connectivity index (χ1) is 13.5. The smallest absolute Gasteiger partial charge is 0.460 e. The second-order valence-corrected chi connectivity index (χ2v) is 6.24. The van der Waals surface area contributed by atoms with Gasteiger partial charge in [-0.2, -0.15) is 48.3 Å². The van der Waals surface area contributed by atoms with E-state index in [2.05, 4.69) is 4.74 Å². The molecular weight excluding hydrogens is 445 g/mol. The van der Waals surface area contributed by atoms with Crippen LogP contribution < -0.4 is 4.74 Å². The summed E-state index contributed by atoms with van der Waals surface area (Å²) in [6.45, 7) is 1.73. The Balaban J connectivity index is 3.33. The van der Waals surface area contributed by atoms with Crippen molar-refractivity contribution in [1.29, 1.82) is 0 Å². The fraction of sp³-hybridized carbons (Fsp3) is 0.647. The summed E-state index contributed by atoms with van der Waals surface area (Å²) in [6.07, 6.45) is -11.2. The van der Waals surface area contributed by atoms with Gasteiger partial charge in [0.15, 0.2) is 0 Å². The molecular formula is C17H17F11O2. The molecule has 0 N–H and O–H groups in total. The Morgan fingerprint density at radius 3 is 1.80 bits per heavy atom. The van der Waals surface area contributed by atoms with Gasteiger partial charge in [-0.1, -0.05) is 25.1 Å². The number of rotatable bonds is 10. The summed E-state index contributed by atoms with van der Waals surface area (Å²) in [4.78, 5) is 0. The number of benzene rings is 1. The van der Waals surface area contributed by atoms with E-state index in [1.807, 2.05) is 0 Å². The molecule has 0 bridgehead atoms. The third-order valence-corrected chi connectivity index (χ3v) is 4.06. The molecule has 0 spiro atoms. The van der Waals surface area contributed by atoms with E-state index in [1.165, 1.54) is 18.2 Å². The van der Waals surface area contributed by atoms with Crippen LogP contribution in [0.25, 0.3) is 0 Å². The van der Waals surface area contributed by atoms with Crippen molar-refractivity contribution in [2.45, 2.75) is 55.7 Å². The van der Waals surface area contributed by atoms with Gasteiger partial charge in [-0.3, -0.25) is 0 Å². The molecule has 30 heavy (non-hydrogen) atoms. The fourth-order valence-electron chi connectivity index (χ4n) is 2.38. The summed E-state index contributed by atoms with van der Waals surface area (Å²) < 4.78 is 155. The van der Waals surface area contributed by atoms with Gasteiger partial charge < -0.3 is 9.47 Å². The molecule has 0 amide bonds. The van der Waals surface area contributed by atoms with E-state index in [0.717, 1.165) is 13.2 Å². The molecule has 0 heterocycles. The highest BCUT2D eigenvalue weighted by molar-refractivity contribution is 5.35. The summed E-state index contributed by atoms with van der Waals surface area (Å²) in [5.74, 6) is -28.1. The lowest BCUT2D eigenvalue weighted by Gasteiger charge is -2.38. The average molecular weight is 462 g/mol. The number of halogens is 11. The zero-order valence-corrected chi connectivity index (χ0v) is 15.5. The maximum Gasteiger partial charge on any atom is 0.460 e. The minimum absolute atomic E-state index is 0.0515. The summed E-state index contributed by atoms with van der Waals surface area (Å²) in [5.41, 5.74) is -0.310. The molecule has 1 aromatic rings. The number of hydrogen-bond donors (Lipinski definition) is 0. The van der Waals surface area contributed by atoms with Crippen molar-refractivity contribution in [1.82, 2.24) is 0 Å². The van der Waals surface area contributed by atoms with Crippen LogP contribution in [0.2, 0.25) is 0 Å². The van der Waals surface area contributed by atoms with E-state index in [1.54, 1.807) is 6.92 Å². The van der Waals surface area contributed by atoms with Crippen LogP contribution in [0.5, 0.6) is 5.75 Å². The van der Waals surface area contributed by atoms with Crippen LogP contribution in [-0.2, 0) is 4.74 Å². The lowest BCUT2D eigenvalue weighted by atomic mass is 9.92. The van der Waals surface area contributed by atoms with Crippen LogP contribution in [0, 0.1) is 0 Å². The number of alkyl halides is 11. The van der Waals surface area contributed by atoms with Gasteiger partial charge in [-0.25, -0.2) is 0 Å². The minimum Gasteiger partial charge on any atom is -0.493 e. The summed E-state index contributed by atoms with van der Waals surface area (Å²) >= 11 is 0. The summed E-state index contributed by atoms with van der Waals surface area (Å²) in [6, 6.07) is 4.89. The molecule has 0 aromatic heterocycles. The van der Waals surface area contributed by atoms with Crippen LogP contribution in [0.1, 0.15) is 31.4 Å². The van der Waals surface area contributed by atoms with Crippen molar-refractivity contribution < 1.29 is 57.8 Å². The molecule has 0 aliphatic rings. The van der Waals surface area contributed by atoms with E-state index in [9.17, 15) is 48.3 Å². The Labute approximate surface area is 163 Å². The van der Waals surface area contributed by atoms with E-state index < -0.39 is 42.4 Å². The number of hydrogen-bond acceptors (Lipinski definition) is 2. The molecule has 1 atom stereocenters. The monoisotopic (exact) mass is 462 g/mol. The Bertz CT molecular complexity index is 701. The highest BCUT2D eigenvalue weighted by Gasteiger charge is 2.87. The largest absolute Gasteiger partial charge is 0.493 e. The van der Waals surface area contributed by atoms with Crippen LogP contribution in [0.15, 0.2) is 24.3 Å². The first kappa shape index (κ1) is 26.2. The van der Waals surface area contributed by atoms with Gasteiger partial charge in [-0.05, 0) is 12.5 Å². The van der Waals surface area contributed by atoms with E-state index in [-0.39, 0.29) is 17.9 Å². The van der Waals surface area contributed by atoms with Crippen molar-refractivity contribution in [2.75, 3.05) is 13.7 Å². The van der Waals surface area contributed by atoms with Gasteiger partial charge in [0, 0.05) is 19.1 Å². The normalized spacial score (nSPS) is 15.2. The minimum atomic E-state index is -7.45. The van der Waals surface area contributed by atoms with Crippen LogP contribution >= 0.6 is 0 Å². The van der Waals surface area contributed by atoms with E-state index in [4.69, 9.17) is 4.74 Å².